The third-order valence-electron chi connectivity index (χ3n) is 3.96. The van der Waals surface area contributed by atoms with Gasteiger partial charge in [0.25, 0.3) is 11.5 Å². The number of fused-ring (bicyclic) bond motifs is 1. The number of hydrogen-bond donors (Lipinski definition) is 2. The fraction of sp³-hybridized carbons (Fsp3) is 0.0526. The van der Waals surface area contributed by atoms with Crippen LogP contribution in [0.1, 0.15) is 15.9 Å². The van der Waals surface area contributed by atoms with Crippen molar-refractivity contribution in [2.75, 3.05) is 5.32 Å². The second-order valence-electron chi connectivity index (χ2n) is 6.02. The van der Waals surface area contributed by atoms with Crippen molar-refractivity contribution in [1.82, 2.24) is 19.6 Å². The Morgan fingerprint density at radius 2 is 1.93 bits per heavy atom. The molecular weight excluding hydrogens is 366 g/mol. The highest BCUT2D eigenvalue weighted by Gasteiger charge is 2.14. The van der Waals surface area contributed by atoms with E-state index in [-0.39, 0.29) is 17.5 Å². The number of rotatable bonds is 3. The van der Waals surface area contributed by atoms with Crippen molar-refractivity contribution in [3.63, 3.8) is 0 Å². The normalized spacial score (nSPS) is 10.9. The summed E-state index contributed by atoms with van der Waals surface area (Å²) in [6, 6.07) is 15.4. The number of H-pyrrole nitrogens is 1. The molecule has 0 radical (unpaired) electrons. The van der Waals surface area contributed by atoms with Crippen molar-refractivity contribution in [2.45, 2.75) is 6.92 Å². The van der Waals surface area contributed by atoms with Gasteiger partial charge in [0.2, 0.25) is 5.78 Å². The summed E-state index contributed by atoms with van der Waals surface area (Å²) in [7, 11) is 0. The average Bonchev–Trinajstić information content (AvgIpc) is 3.06. The lowest BCUT2D eigenvalue weighted by atomic mass is 10.1. The monoisotopic (exact) mass is 379 g/mol. The SMILES string of the molecule is Cc1cccc(-c2nc3[nH]c(=O)cc(NC(=O)c4ccc(Cl)cc4)n3n2)c1. The van der Waals surface area contributed by atoms with E-state index in [1.165, 1.54) is 10.6 Å². The van der Waals surface area contributed by atoms with Crippen LogP contribution in [-0.4, -0.2) is 25.5 Å². The van der Waals surface area contributed by atoms with Gasteiger partial charge in [-0.3, -0.25) is 14.6 Å². The summed E-state index contributed by atoms with van der Waals surface area (Å²) in [5.74, 6) is 0.527. The average molecular weight is 380 g/mol. The molecule has 4 rings (SSSR count). The largest absolute Gasteiger partial charge is 0.306 e. The molecule has 0 aliphatic rings. The zero-order valence-corrected chi connectivity index (χ0v) is 15.0. The summed E-state index contributed by atoms with van der Waals surface area (Å²) in [5, 5.41) is 7.65. The van der Waals surface area contributed by atoms with Gasteiger partial charge in [-0.15, -0.1) is 5.10 Å². The van der Waals surface area contributed by atoms with E-state index in [9.17, 15) is 9.59 Å². The molecule has 4 aromatic rings. The summed E-state index contributed by atoms with van der Waals surface area (Å²) in [5.41, 5.74) is 1.90. The molecule has 0 saturated heterocycles. The first-order valence-electron chi connectivity index (χ1n) is 8.14. The molecule has 27 heavy (non-hydrogen) atoms. The van der Waals surface area contributed by atoms with Crippen LogP contribution in [0.5, 0.6) is 0 Å². The molecule has 1 amide bonds. The van der Waals surface area contributed by atoms with Gasteiger partial charge in [0.15, 0.2) is 5.82 Å². The predicted octanol–water partition coefficient (Wildman–Crippen LogP) is 3.30. The third-order valence-corrected chi connectivity index (χ3v) is 4.21. The Labute approximate surface area is 158 Å². The van der Waals surface area contributed by atoms with Gasteiger partial charge in [0, 0.05) is 22.2 Å². The molecule has 0 unspecified atom stereocenters. The van der Waals surface area contributed by atoms with Crippen molar-refractivity contribution in [1.29, 1.82) is 0 Å². The minimum Gasteiger partial charge on any atom is -0.306 e. The highest BCUT2D eigenvalue weighted by atomic mass is 35.5. The lowest BCUT2D eigenvalue weighted by molar-refractivity contribution is 0.102. The van der Waals surface area contributed by atoms with Crippen LogP contribution in [0.15, 0.2) is 59.4 Å². The highest BCUT2D eigenvalue weighted by molar-refractivity contribution is 6.30. The molecule has 2 aromatic heterocycles. The third kappa shape index (κ3) is 3.45. The Hall–Kier alpha value is -3.45. The van der Waals surface area contributed by atoms with E-state index in [0.29, 0.717) is 16.4 Å². The van der Waals surface area contributed by atoms with Crippen LogP contribution in [0.4, 0.5) is 5.82 Å². The van der Waals surface area contributed by atoms with Gasteiger partial charge in [0.05, 0.1) is 0 Å². The van der Waals surface area contributed by atoms with Crippen LogP contribution in [0.25, 0.3) is 17.2 Å². The van der Waals surface area contributed by atoms with Crippen molar-refractivity contribution in [3.05, 3.63) is 81.1 Å². The van der Waals surface area contributed by atoms with E-state index >= 15 is 0 Å². The van der Waals surface area contributed by atoms with Gasteiger partial charge in [-0.1, -0.05) is 35.4 Å². The summed E-state index contributed by atoms with van der Waals surface area (Å²) in [6.07, 6.45) is 0. The van der Waals surface area contributed by atoms with Gasteiger partial charge < -0.3 is 5.32 Å². The quantitative estimate of drug-likeness (QED) is 0.571. The zero-order chi connectivity index (χ0) is 19.0. The number of aryl methyl sites for hydroxylation is 1. The maximum atomic E-state index is 12.5. The van der Waals surface area contributed by atoms with E-state index in [1.807, 2.05) is 31.2 Å². The number of anilines is 1. The number of carbonyl (C=O) groups excluding carboxylic acids is 1. The van der Waals surface area contributed by atoms with Crippen LogP contribution in [0.3, 0.4) is 0 Å². The van der Waals surface area contributed by atoms with E-state index in [0.717, 1.165) is 11.1 Å². The standard InChI is InChI=1S/C19H14ClN5O2/c1-11-3-2-4-13(9-11)17-23-19-22-16(26)10-15(25(19)24-17)21-18(27)12-5-7-14(20)8-6-12/h2-10H,1H3,(H,21,27)(H,22,23,24,26). The fourth-order valence-corrected chi connectivity index (χ4v) is 2.80. The van der Waals surface area contributed by atoms with Crippen LogP contribution >= 0.6 is 11.6 Å². The van der Waals surface area contributed by atoms with E-state index < -0.39 is 5.56 Å². The first-order chi connectivity index (χ1) is 13.0. The minimum atomic E-state index is -0.392. The fourth-order valence-electron chi connectivity index (χ4n) is 2.68. The molecule has 2 heterocycles. The lowest BCUT2D eigenvalue weighted by Crippen LogP contribution is -2.18. The smallest absolute Gasteiger partial charge is 0.256 e. The Balaban J connectivity index is 1.75. The number of amides is 1. The van der Waals surface area contributed by atoms with Gasteiger partial charge in [-0.05, 0) is 37.3 Å². The number of carbonyl (C=O) groups is 1. The Kier molecular flexibility index (Phi) is 4.21. The van der Waals surface area contributed by atoms with Crippen molar-refractivity contribution < 1.29 is 4.79 Å². The first-order valence-corrected chi connectivity index (χ1v) is 8.51. The number of nitrogens with zero attached hydrogens (tertiary/aromatic N) is 3. The maximum absolute atomic E-state index is 12.5. The van der Waals surface area contributed by atoms with Gasteiger partial charge >= 0.3 is 0 Å². The predicted molar refractivity (Wildman–Crippen MR) is 103 cm³/mol. The minimum absolute atomic E-state index is 0.222. The molecule has 134 valence electrons. The number of aromatic nitrogens is 4. The lowest BCUT2D eigenvalue weighted by Gasteiger charge is -2.06. The Morgan fingerprint density at radius 3 is 2.67 bits per heavy atom. The molecule has 8 heteroatoms. The van der Waals surface area contributed by atoms with Crippen LogP contribution < -0.4 is 10.9 Å². The number of benzene rings is 2. The molecule has 2 aromatic carbocycles. The molecule has 0 spiro atoms. The number of hydrogen-bond acceptors (Lipinski definition) is 4. The Morgan fingerprint density at radius 1 is 1.15 bits per heavy atom. The number of nitrogens with one attached hydrogen (secondary N) is 2. The van der Waals surface area contributed by atoms with Gasteiger partial charge in [-0.25, -0.2) is 0 Å². The van der Waals surface area contributed by atoms with Gasteiger partial charge in [-0.2, -0.15) is 9.50 Å². The maximum Gasteiger partial charge on any atom is 0.256 e. The summed E-state index contributed by atoms with van der Waals surface area (Å²) in [4.78, 5) is 31.4. The Bertz CT molecular complexity index is 1210. The molecule has 2 N–H and O–H groups in total. The molecular formula is C19H14ClN5O2. The van der Waals surface area contributed by atoms with Crippen LogP contribution in [0, 0.1) is 6.92 Å². The molecule has 0 aliphatic carbocycles. The summed E-state index contributed by atoms with van der Waals surface area (Å²) in [6.45, 7) is 1.97. The zero-order valence-electron chi connectivity index (χ0n) is 14.2. The van der Waals surface area contributed by atoms with E-state index in [1.54, 1.807) is 24.3 Å². The highest BCUT2D eigenvalue weighted by Crippen LogP contribution is 2.18. The van der Waals surface area contributed by atoms with Crippen LogP contribution in [-0.2, 0) is 0 Å². The molecule has 0 saturated carbocycles. The molecule has 0 atom stereocenters. The molecule has 0 bridgehead atoms. The topological polar surface area (TPSA) is 92.1 Å². The van der Waals surface area contributed by atoms with Crippen molar-refractivity contribution >= 4 is 29.1 Å². The second-order valence-corrected chi connectivity index (χ2v) is 6.46. The van der Waals surface area contributed by atoms with Crippen LogP contribution in [0.2, 0.25) is 5.02 Å². The summed E-state index contributed by atoms with van der Waals surface area (Å²) < 4.78 is 1.40. The molecule has 0 aliphatic heterocycles. The molecule has 0 fully saturated rings. The van der Waals surface area contributed by atoms with E-state index in [4.69, 9.17) is 11.6 Å². The van der Waals surface area contributed by atoms with Gasteiger partial charge in [0.1, 0.15) is 5.82 Å². The second kappa shape index (κ2) is 6.69. The van der Waals surface area contributed by atoms with E-state index in [2.05, 4.69) is 20.4 Å². The first kappa shape index (κ1) is 17.0. The van der Waals surface area contributed by atoms with Crippen molar-refractivity contribution in [2.24, 2.45) is 0 Å². The summed E-state index contributed by atoms with van der Waals surface area (Å²) >= 11 is 5.85. The number of halogens is 1. The molecule has 7 nitrogen and oxygen atoms in total. The van der Waals surface area contributed by atoms with Crippen molar-refractivity contribution in [3.8, 4) is 11.4 Å². The number of aromatic amines is 1.